The lowest BCUT2D eigenvalue weighted by Crippen LogP contribution is -2.10. The lowest BCUT2D eigenvalue weighted by molar-refractivity contribution is 0.0996. The molecule has 0 atom stereocenters. The minimum Gasteiger partial charge on any atom is -0.508 e. The molecule has 0 aliphatic carbocycles. The quantitative estimate of drug-likeness (QED) is 0.605. The summed E-state index contributed by atoms with van der Waals surface area (Å²) >= 11 is 0. The van der Waals surface area contributed by atoms with Crippen LogP contribution < -0.4 is 5.73 Å². The molecule has 0 spiro atoms. The van der Waals surface area contributed by atoms with Gasteiger partial charge in [0.05, 0.1) is 0 Å². The molecule has 2 rings (SSSR count). The maximum Gasteiger partial charge on any atom is 0.265 e. The Kier molecular flexibility index (Phi) is 1.48. The van der Waals surface area contributed by atoms with Gasteiger partial charge in [-0.05, 0) is 24.3 Å². The number of fused-ring (bicyclic) bond motifs is 1. The number of amides is 1. The lowest BCUT2D eigenvalue weighted by Gasteiger charge is -1.89. The second kappa shape index (κ2) is 2.52. The summed E-state index contributed by atoms with van der Waals surface area (Å²) in [6, 6.07) is 6.41. The van der Waals surface area contributed by atoms with Crippen LogP contribution in [0.3, 0.4) is 0 Å². The predicted octanol–water partition coefficient (Wildman–Crippen LogP) is 0.972. The third kappa shape index (κ3) is 1.22. The summed E-state index contributed by atoms with van der Waals surface area (Å²) in [6.07, 6.45) is 0. The number of primary amides is 1. The number of carbonyl (C=O) groups is 1. The average molecular weight is 176 g/mol. The molecule has 0 saturated carbocycles. The molecule has 1 amide bonds. The first-order valence-electron chi connectivity index (χ1n) is 3.78. The van der Waals surface area contributed by atoms with Gasteiger partial charge in [0, 0.05) is 10.9 Å². The molecular weight excluding hydrogens is 168 g/mol. The number of hydrogen-bond acceptors (Lipinski definition) is 2. The second-order valence-electron chi connectivity index (χ2n) is 2.82. The fourth-order valence-electron chi connectivity index (χ4n) is 1.25. The number of phenols is 1. The third-order valence-electron chi connectivity index (χ3n) is 1.87. The summed E-state index contributed by atoms with van der Waals surface area (Å²) in [6.45, 7) is 0. The first kappa shape index (κ1) is 7.67. The maximum atomic E-state index is 10.8. The molecule has 0 unspecified atom stereocenters. The first-order chi connectivity index (χ1) is 6.16. The van der Waals surface area contributed by atoms with Gasteiger partial charge in [0.1, 0.15) is 11.4 Å². The summed E-state index contributed by atoms with van der Waals surface area (Å²) in [5, 5.41) is 9.92. The van der Waals surface area contributed by atoms with Crippen LogP contribution in [0.2, 0.25) is 0 Å². The molecule has 4 N–H and O–H groups in total. The normalized spacial score (nSPS) is 10.5. The molecule has 0 aliphatic rings. The van der Waals surface area contributed by atoms with Crippen molar-refractivity contribution in [2.24, 2.45) is 5.73 Å². The predicted molar refractivity (Wildman–Crippen MR) is 48.5 cm³/mol. The molecule has 1 heterocycles. The van der Waals surface area contributed by atoms with E-state index < -0.39 is 5.91 Å². The highest BCUT2D eigenvalue weighted by Gasteiger charge is 2.05. The van der Waals surface area contributed by atoms with Crippen LogP contribution in [0.1, 0.15) is 10.5 Å². The van der Waals surface area contributed by atoms with Crippen LogP contribution in [0, 0.1) is 0 Å². The monoisotopic (exact) mass is 176 g/mol. The van der Waals surface area contributed by atoms with E-state index in [1.165, 1.54) is 0 Å². The number of aromatic hydroxyl groups is 1. The summed E-state index contributed by atoms with van der Waals surface area (Å²) in [5.74, 6) is -0.335. The van der Waals surface area contributed by atoms with Crippen molar-refractivity contribution in [2.75, 3.05) is 0 Å². The van der Waals surface area contributed by atoms with Gasteiger partial charge in [-0.25, -0.2) is 0 Å². The molecule has 0 fully saturated rings. The molecule has 0 aliphatic heterocycles. The number of aromatic nitrogens is 1. The Labute approximate surface area is 74.0 Å². The Bertz CT molecular complexity index is 473. The highest BCUT2D eigenvalue weighted by Crippen LogP contribution is 2.20. The minimum absolute atomic E-state index is 0.169. The number of rotatable bonds is 1. The number of benzene rings is 1. The smallest absolute Gasteiger partial charge is 0.265 e. The molecule has 4 heteroatoms. The van der Waals surface area contributed by atoms with E-state index in [4.69, 9.17) is 10.8 Å². The summed E-state index contributed by atoms with van der Waals surface area (Å²) in [5.41, 5.74) is 6.21. The molecular formula is C9H8N2O2. The Hall–Kier alpha value is -1.97. The van der Waals surface area contributed by atoms with Crippen LogP contribution in [0.25, 0.3) is 10.9 Å². The number of aromatic amines is 1. The molecule has 1 aromatic carbocycles. The summed E-state index contributed by atoms with van der Waals surface area (Å²) in [7, 11) is 0. The zero-order chi connectivity index (χ0) is 9.42. The number of hydrogen-bond donors (Lipinski definition) is 3. The van der Waals surface area contributed by atoms with Gasteiger partial charge < -0.3 is 15.8 Å². The van der Waals surface area contributed by atoms with Gasteiger partial charge in [-0.1, -0.05) is 0 Å². The average Bonchev–Trinajstić information content (AvgIpc) is 2.46. The van der Waals surface area contributed by atoms with Crippen molar-refractivity contribution in [3.05, 3.63) is 30.0 Å². The number of H-pyrrole nitrogens is 1. The third-order valence-corrected chi connectivity index (χ3v) is 1.87. The zero-order valence-electron chi connectivity index (χ0n) is 6.74. The summed E-state index contributed by atoms with van der Waals surface area (Å²) in [4.78, 5) is 13.6. The summed E-state index contributed by atoms with van der Waals surface area (Å²) < 4.78 is 0. The largest absolute Gasteiger partial charge is 0.508 e. The van der Waals surface area contributed by atoms with E-state index in [-0.39, 0.29) is 5.75 Å². The lowest BCUT2D eigenvalue weighted by atomic mass is 10.2. The topological polar surface area (TPSA) is 79.1 Å². The SMILES string of the molecule is NC(=O)c1cc2cc(O)ccc2[nH]1. The minimum atomic E-state index is -0.504. The fraction of sp³-hybridized carbons (Fsp3) is 0. The van der Waals surface area contributed by atoms with Crippen molar-refractivity contribution in [3.8, 4) is 5.75 Å². The van der Waals surface area contributed by atoms with Crippen molar-refractivity contribution >= 4 is 16.8 Å². The van der Waals surface area contributed by atoms with Crippen molar-refractivity contribution in [1.29, 1.82) is 0 Å². The van der Waals surface area contributed by atoms with Crippen molar-refractivity contribution in [2.45, 2.75) is 0 Å². The Morgan fingerprint density at radius 2 is 2.15 bits per heavy atom. The molecule has 13 heavy (non-hydrogen) atoms. The van der Waals surface area contributed by atoms with E-state index in [1.54, 1.807) is 24.3 Å². The van der Waals surface area contributed by atoms with Gasteiger partial charge in [-0.3, -0.25) is 4.79 Å². The van der Waals surface area contributed by atoms with Gasteiger partial charge in [-0.2, -0.15) is 0 Å². The van der Waals surface area contributed by atoms with Crippen molar-refractivity contribution in [3.63, 3.8) is 0 Å². The molecule has 66 valence electrons. The van der Waals surface area contributed by atoms with Crippen LogP contribution in [-0.2, 0) is 0 Å². The van der Waals surface area contributed by atoms with Gasteiger partial charge in [-0.15, -0.1) is 0 Å². The van der Waals surface area contributed by atoms with Gasteiger partial charge in [0.2, 0.25) is 0 Å². The van der Waals surface area contributed by atoms with Crippen LogP contribution in [0.5, 0.6) is 5.75 Å². The van der Waals surface area contributed by atoms with Gasteiger partial charge in [0.25, 0.3) is 5.91 Å². The Morgan fingerprint density at radius 1 is 1.38 bits per heavy atom. The van der Waals surface area contributed by atoms with Gasteiger partial charge >= 0.3 is 0 Å². The molecule has 0 bridgehead atoms. The van der Waals surface area contributed by atoms with E-state index in [0.29, 0.717) is 5.69 Å². The molecule has 0 saturated heterocycles. The molecule has 2 aromatic rings. The maximum absolute atomic E-state index is 10.8. The zero-order valence-corrected chi connectivity index (χ0v) is 6.74. The van der Waals surface area contributed by atoms with Crippen LogP contribution in [0.4, 0.5) is 0 Å². The van der Waals surface area contributed by atoms with E-state index in [9.17, 15) is 4.79 Å². The standard InChI is InChI=1S/C9H8N2O2/c10-9(13)8-4-5-3-6(12)1-2-7(5)11-8/h1-4,11-12H,(H2,10,13). The number of nitrogens with one attached hydrogen (secondary N) is 1. The Morgan fingerprint density at radius 3 is 2.85 bits per heavy atom. The Balaban J connectivity index is 2.68. The number of nitrogens with two attached hydrogens (primary N) is 1. The van der Waals surface area contributed by atoms with Crippen LogP contribution >= 0.6 is 0 Å². The number of phenolic OH excluding ortho intramolecular Hbond substituents is 1. The van der Waals surface area contributed by atoms with Gasteiger partial charge in [0.15, 0.2) is 0 Å². The van der Waals surface area contributed by atoms with E-state index >= 15 is 0 Å². The highest BCUT2D eigenvalue weighted by molar-refractivity contribution is 5.97. The van der Waals surface area contributed by atoms with E-state index in [2.05, 4.69) is 4.98 Å². The molecule has 1 aromatic heterocycles. The van der Waals surface area contributed by atoms with Crippen molar-refractivity contribution < 1.29 is 9.90 Å². The van der Waals surface area contributed by atoms with Crippen LogP contribution in [0.15, 0.2) is 24.3 Å². The fourth-order valence-corrected chi connectivity index (χ4v) is 1.25. The molecule has 4 nitrogen and oxygen atoms in total. The highest BCUT2D eigenvalue weighted by atomic mass is 16.3. The van der Waals surface area contributed by atoms with E-state index in [1.807, 2.05) is 0 Å². The van der Waals surface area contributed by atoms with Crippen molar-refractivity contribution in [1.82, 2.24) is 4.98 Å². The number of carbonyl (C=O) groups excluding carboxylic acids is 1. The molecule has 0 radical (unpaired) electrons. The van der Waals surface area contributed by atoms with E-state index in [0.717, 1.165) is 10.9 Å². The first-order valence-corrected chi connectivity index (χ1v) is 3.78. The second-order valence-corrected chi connectivity index (χ2v) is 2.82. The van der Waals surface area contributed by atoms with Crippen LogP contribution in [-0.4, -0.2) is 16.0 Å².